The molecule has 2 saturated heterocycles. The van der Waals surface area contributed by atoms with Gasteiger partial charge in [-0.3, -0.25) is 0 Å². The maximum absolute atomic E-state index is 6.26. The minimum absolute atomic E-state index is 0.310. The van der Waals surface area contributed by atoms with Crippen LogP contribution in [0.3, 0.4) is 0 Å². The number of rotatable bonds is 2. The number of aryl methyl sites for hydroxylation is 2. The van der Waals surface area contributed by atoms with Gasteiger partial charge in [0, 0.05) is 11.3 Å². The lowest BCUT2D eigenvalue weighted by Gasteiger charge is -2.32. The van der Waals surface area contributed by atoms with Crippen LogP contribution >= 0.6 is 0 Å². The second-order valence-electron chi connectivity index (χ2n) is 9.46. The highest BCUT2D eigenvalue weighted by atomic mass is 16.7. The number of aromatic amines is 1. The Morgan fingerprint density at radius 2 is 1.86 bits per heavy atom. The number of imidazole rings is 1. The van der Waals surface area contributed by atoms with E-state index in [1.807, 2.05) is 0 Å². The molecule has 28 heavy (non-hydrogen) atoms. The summed E-state index contributed by atoms with van der Waals surface area (Å²) >= 11 is 0. The highest BCUT2D eigenvalue weighted by Gasteiger charge is 2.51. The average molecular weight is 379 g/mol. The summed E-state index contributed by atoms with van der Waals surface area (Å²) in [5, 5.41) is 3.56. The van der Waals surface area contributed by atoms with Crippen molar-refractivity contribution in [1.82, 2.24) is 15.3 Å². The van der Waals surface area contributed by atoms with Gasteiger partial charge in [-0.05, 0) is 77.4 Å². The number of hydrogen-bond donors (Lipinski definition) is 2. The summed E-state index contributed by atoms with van der Waals surface area (Å²) in [6.07, 6.45) is 5.64. The molecule has 1 unspecified atom stereocenters. The Balaban J connectivity index is 1.48. The van der Waals surface area contributed by atoms with Gasteiger partial charge in [0.1, 0.15) is 5.82 Å². The van der Waals surface area contributed by atoms with E-state index < -0.39 is 0 Å². The Labute approximate surface area is 167 Å². The van der Waals surface area contributed by atoms with Crippen molar-refractivity contribution in [3.8, 4) is 11.3 Å². The number of H-pyrrole nitrogens is 1. The van der Waals surface area contributed by atoms with Gasteiger partial charge < -0.3 is 19.6 Å². The summed E-state index contributed by atoms with van der Waals surface area (Å²) in [6, 6.07) is 7.01. The molecule has 1 aliphatic carbocycles. The van der Waals surface area contributed by atoms with Gasteiger partial charge in [-0.2, -0.15) is 0 Å². The number of fused-ring (bicyclic) bond motifs is 3. The summed E-state index contributed by atoms with van der Waals surface area (Å²) in [7, 11) is -0.310. The molecule has 1 atom stereocenters. The van der Waals surface area contributed by atoms with E-state index in [2.05, 4.69) is 56.2 Å². The van der Waals surface area contributed by atoms with Crippen LogP contribution in [0.15, 0.2) is 18.2 Å². The number of aromatic nitrogens is 2. The first-order chi connectivity index (χ1) is 13.3. The van der Waals surface area contributed by atoms with Crippen molar-refractivity contribution in [3.05, 3.63) is 35.3 Å². The third-order valence-electron chi connectivity index (χ3n) is 6.97. The van der Waals surface area contributed by atoms with Gasteiger partial charge in [-0.25, -0.2) is 4.98 Å². The maximum atomic E-state index is 6.26. The molecule has 0 radical (unpaired) electrons. The van der Waals surface area contributed by atoms with E-state index >= 15 is 0 Å². The van der Waals surface area contributed by atoms with Gasteiger partial charge in [-0.15, -0.1) is 0 Å². The molecule has 148 valence electrons. The fourth-order valence-electron chi connectivity index (χ4n) is 4.55. The summed E-state index contributed by atoms with van der Waals surface area (Å²) < 4.78 is 12.5. The molecule has 0 saturated carbocycles. The first-order valence-corrected chi connectivity index (χ1v) is 10.6. The topological polar surface area (TPSA) is 59.2 Å². The number of nitrogens with zero attached hydrogens (tertiary/aromatic N) is 1. The van der Waals surface area contributed by atoms with Crippen LogP contribution in [0.2, 0.25) is 0 Å². The summed E-state index contributed by atoms with van der Waals surface area (Å²) in [6.45, 7) is 9.50. The van der Waals surface area contributed by atoms with Crippen LogP contribution in [-0.2, 0) is 22.2 Å². The van der Waals surface area contributed by atoms with Crippen molar-refractivity contribution >= 4 is 12.6 Å². The standard InChI is InChI=1S/C22H30BN3O2/c1-21(2)22(3,4)28-23(27-21)15-10-11-16-14(13-15)7-5-8-17-19(16)26-20(25-17)18-9-6-12-24-18/h10-11,13,18,24H,5-9,12H2,1-4H3,(H,25,26). The largest absolute Gasteiger partial charge is 0.494 e. The molecule has 0 amide bonds. The smallest absolute Gasteiger partial charge is 0.399 e. The zero-order valence-corrected chi connectivity index (χ0v) is 17.4. The zero-order valence-electron chi connectivity index (χ0n) is 17.4. The van der Waals surface area contributed by atoms with Crippen molar-refractivity contribution in [1.29, 1.82) is 0 Å². The average Bonchev–Trinajstić information content (AvgIpc) is 3.32. The van der Waals surface area contributed by atoms with Crippen LogP contribution in [-0.4, -0.2) is 34.8 Å². The quantitative estimate of drug-likeness (QED) is 0.787. The van der Waals surface area contributed by atoms with E-state index in [-0.39, 0.29) is 18.3 Å². The van der Waals surface area contributed by atoms with E-state index in [0.717, 1.165) is 42.8 Å². The minimum Gasteiger partial charge on any atom is -0.399 e. The fraction of sp³-hybridized carbons (Fsp3) is 0.591. The fourth-order valence-corrected chi connectivity index (χ4v) is 4.55. The number of benzene rings is 1. The molecule has 3 heterocycles. The van der Waals surface area contributed by atoms with Crippen LogP contribution < -0.4 is 10.8 Å². The van der Waals surface area contributed by atoms with Crippen molar-refractivity contribution in [2.24, 2.45) is 0 Å². The van der Waals surface area contributed by atoms with E-state index in [0.29, 0.717) is 6.04 Å². The van der Waals surface area contributed by atoms with Gasteiger partial charge in [0.05, 0.1) is 22.9 Å². The Morgan fingerprint density at radius 3 is 2.57 bits per heavy atom. The van der Waals surface area contributed by atoms with E-state index in [1.165, 1.54) is 29.7 Å². The van der Waals surface area contributed by atoms with Gasteiger partial charge in [0.25, 0.3) is 0 Å². The molecule has 5 nitrogen and oxygen atoms in total. The van der Waals surface area contributed by atoms with Crippen molar-refractivity contribution < 1.29 is 9.31 Å². The van der Waals surface area contributed by atoms with Crippen LogP contribution in [0, 0.1) is 0 Å². The second-order valence-corrected chi connectivity index (χ2v) is 9.46. The first-order valence-electron chi connectivity index (χ1n) is 10.6. The normalized spacial score (nSPS) is 25.4. The van der Waals surface area contributed by atoms with E-state index in [9.17, 15) is 0 Å². The van der Waals surface area contributed by atoms with Gasteiger partial charge >= 0.3 is 7.12 Å². The Kier molecular flexibility index (Phi) is 4.24. The van der Waals surface area contributed by atoms with Gasteiger partial charge in [-0.1, -0.05) is 18.2 Å². The van der Waals surface area contributed by atoms with Gasteiger partial charge in [0.15, 0.2) is 0 Å². The van der Waals surface area contributed by atoms with Crippen LogP contribution in [0.25, 0.3) is 11.3 Å². The molecule has 0 spiro atoms. The summed E-state index contributed by atoms with van der Waals surface area (Å²) in [4.78, 5) is 8.65. The molecule has 1 aromatic heterocycles. The molecule has 6 heteroatoms. The molecule has 2 fully saturated rings. The highest BCUT2D eigenvalue weighted by molar-refractivity contribution is 6.62. The first kappa shape index (κ1) is 18.4. The lowest BCUT2D eigenvalue weighted by molar-refractivity contribution is 0.00578. The molecule has 2 N–H and O–H groups in total. The molecule has 1 aromatic carbocycles. The minimum atomic E-state index is -0.316. The third kappa shape index (κ3) is 2.93. The maximum Gasteiger partial charge on any atom is 0.494 e. The van der Waals surface area contributed by atoms with E-state index in [4.69, 9.17) is 14.3 Å². The highest BCUT2D eigenvalue weighted by Crippen LogP contribution is 2.37. The summed E-state index contributed by atoms with van der Waals surface area (Å²) in [5.74, 6) is 1.10. The molecule has 0 bridgehead atoms. The Bertz CT molecular complexity index is 883. The predicted octanol–water partition coefficient (Wildman–Crippen LogP) is 3.29. The van der Waals surface area contributed by atoms with Crippen LogP contribution in [0.5, 0.6) is 0 Å². The lowest BCUT2D eigenvalue weighted by atomic mass is 9.77. The number of hydrogen-bond acceptors (Lipinski definition) is 4. The Morgan fingerprint density at radius 1 is 1.07 bits per heavy atom. The molecule has 3 aliphatic rings. The second kappa shape index (κ2) is 6.44. The third-order valence-corrected chi connectivity index (χ3v) is 6.97. The monoisotopic (exact) mass is 379 g/mol. The molecule has 2 aromatic rings. The molecule has 5 rings (SSSR count). The van der Waals surface area contributed by atoms with Crippen molar-refractivity contribution in [3.63, 3.8) is 0 Å². The molecule has 2 aliphatic heterocycles. The predicted molar refractivity (Wildman–Crippen MR) is 112 cm³/mol. The lowest BCUT2D eigenvalue weighted by Crippen LogP contribution is -2.41. The van der Waals surface area contributed by atoms with Gasteiger partial charge in [0.2, 0.25) is 0 Å². The van der Waals surface area contributed by atoms with Crippen molar-refractivity contribution in [2.75, 3.05) is 6.54 Å². The van der Waals surface area contributed by atoms with E-state index in [1.54, 1.807) is 0 Å². The van der Waals surface area contributed by atoms with Crippen LogP contribution in [0.4, 0.5) is 0 Å². The SMILES string of the molecule is CC1(C)OB(c2ccc3c(c2)CCCc2[nH]c(C4CCCN4)nc2-3)OC1(C)C. The van der Waals surface area contributed by atoms with Crippen LogP contribution in [0.1, 0.15) is 70.1 Å². The number of nitrogens with one attached hydrogen (secondary N) is 2. The Hall–Kier alpha value is -1.63. The zero-order chi connectivity index (χ0) is 19.5. The molecular formula is C22H30BN3O2. The molecular weight excluding hydrogens is 349 g/mol. The summed E-state index contributed by atoms with van der Waals surface area (Å²) in [5.41, 5.74) is 5.50. The van der Waals surface area contributed by atoms with Crippen molar-refractivity contribution in [2.45, 2.75) is 77.0 Å².